The van der Waals surface area contributed by atoms with E-state index in [4.69, 9.17) is 4.74 Å². The standard InChI is InChI=1S/C26H27N5O/c1-17-13-30-15-19-9-20(32-21-11-28-12-21)5-6-22(19)25(30)16-31(14-17)24-7-4-18(10-27)26-23(24)3-2-8-29-26/h2-9,17,21,25,28H,11-16H2,1H3. The molecule has 1 N–H and O–H groups in total. The van der Waals surface area contributed by atoms with Gasteiger partial charge in [0, 0.05) is 56.5 Å². The number of fused-ring (bicyclic) bond motifs is 4. The van der Waals surface area contributed by atoms with Crippen LogP contribution in [-0.2, 0) is 6.54 Å². The molecule has 6 rings (SSSR count). The minimum Gasteiger partial charge on any atom is -0.488 e. The van der Waals surface area contributed by atoms with Crippen LogP contribution in [0.2, 0.25) is 0 Å². The van der Waals surface area contributed by atoms with Crippen molar-refractivity contribution in [1.29, 1.82) is 5.26 Å². The summed E-state index contributed by atoms with van der Waals surface area (Å²) in [7, 11) is 0. The molecule has 6 nitrogen and oxygen atoms in total. The summed E-state index contributed by atoms with van der Waals surface area (Å²) in [5.74, 6) is 1.52. The molecule has 3 aromatic rings. The van der Waals surface area contributed by atoms with E-state index in [2.05, 4.69) is 63.4 Å². The van der Waals surface area contributed by atoms with Gasteiger partial charge in [-0.15, -0.1) is 0 Å². The lowest BCUT2D eigenvalue weighted by atomic mass is 10.0. The van der Waals surface area contributed by atoms with Crippen LogP contribution in [0.25, 0.3) is 10.9 Å². The van der Waals surface area contributed by atoms with Crippen molar-refractivity contribution in [3.8, 4) is 11.8 Å². The highest BCUT2D eigenvalue weighted by molar-refractivity contribution is 5.95. The third-order valence-electron chi connectivity index (χ3n) is 7.01. The average molecular weight is 426 g/mol. The molecule has 3 aliphatic rings. The number of benzene rings is 2. The summed E-state index contributed by atoms with van der Waals surface area (Å²) in [5, 5.41) is 13.9. The summed E-state index contributed by atoms with van der Waals surface area (Å²) in [6.07, 6.45) is 2.07. The van der Waals surface area contributed by atoms with Gasteiger partial charge in [-0.05, 0) is 53.4 Å². The van der Waals surface area contributed by atoms with Crippen molar-refractivity contribution in [2.24, 2.45) is 5.92 Å². The summed E-state index contributed by atoms with van der Waals surface area (Å²) in [5.41, 5.74) is 5.40. The van der Waals surface area contributed by atoms with Crippen LogP contribution in [0, 0.1) is 17.2 Å². The molecule has 0 saturated carbocycles. The number of hydrogen-bond donors (Lipinski definition) is 1. The lowest BCUT2D eigenvalue weighted by molar-refractivity contribution is 0.142. The maximum Gasteiger partial charge on any atom is 0.123 e. The van der Waals surface area contributed by atoms with E-state index in [0.717, 1.165) is 55.9 Å². The summed E-state index contributed by atoms with van der Waals surface area (Å²) in [4.78, 5) is 9.64. The van der Waals surface area contributed by atoms with Gasteiger partial charge >= 0.3 is 0 Å². The normalized spacial score (nSPS) is 23.2. The van der Waals surface area contributed by atoms with Gasteiger partial charge < -0.3 is 15.0 Å². The molecule has 1 aromatic heterocycles. The second-order valence-electron chi connectivity index (χ2n) is 9.36. The summed E-state index contributed by atoms with van der Waals surface area (Å²) in [6.45, 7) is 8.19. The summed E-state index contributed by atoms with van der Waals surface area (Å²) >= 11 is 0. The highest BCUT2D eigenvalue weighted by Gasteiger charge is 2.36. The van der Waals surface area contributed by atoms with Gasteiger partial charge in [-0.25, -0.2) is 0 Å². The Bertz CT molecular complexity index is 1210. The summed E-state index contributed by atoms with van der Waals surface area (Å²) in [6, 6.07) is 17.4. The molecule has 2 unspecified atom stereocenters. The molecule has 2 aromatic carbocycles. The number of nitriles is 1. The third-order valence-corrected chi connectivity index (χ3v) is 7.01. The maximum absolute atomic E-state index is 9.53. The number of aromatic nitrogens is 1. The Morgan fingerprint density at radius 3 is 2.84 bits per heavy atom. The van der Waals surface area contributed by atoms with Crippen LogP contribution in [0.5, 0.6) is 5.75 Å². The lowest BCUT2D eigenvalue weighted by Crippen LogP contribution is -2.50. The van der Waals surface area contributed by atoms with E-state index in [0.29, 0.717) is 23.6 Å². The van der Waals surface area contributed by atoms with E-state index in [9.17, 15) is 5.26 Å². The first kappa shape index (κ1) is 19.5. The van der Waals surface area contributed by atoms with Crippen molar-refractivity contribution >= 4 is 16.6 Å². The zero-order valence-electron chi connectivity index (χ0n) is 18.3. The Morgan fingerprint density at radius 1 is 1.12 bits per heavy atom. The Hall–Kier alpha value is -3.14. The fourth-order valence-corrected chi connectivity index (χ4v) is 5.42. The molecule has 0 radical (unpaired) electrons. The molecule has 2 saturated heterocycles. The van der Waals surface area contributed by atoms with Crippen molar-refractivity contribution in [3.05, 3.63) is 65.4 Å². The predicted octanol–water partition coefficient (Wildman–Crippen LogP) is 3.47. The number of ether oxygens (including phenoxy) is 1. The third kappa shape index (κ3) is 3.29. The first-order valence-corrected chi connectivity index (χ1v) is 11.5. The van der Waals surface area contributed by atoms with Gasteiger partial charge in [-0.3, -0.25) is 9.88 Å². The van der Waals surface area contributed by atoms with Crippen LogP contribution < -0.4 is 15.0 Å². The molecule has 6 heteroatoms. The molecule has 2 atom stereocenters. The summed E-state index contributed by atoms with van der Waals surface area (Å²) < 4.78 is 6.11. The molecular formula is C26H27N5O. The number of hydrogen-bond acceptors (Lipinski definition) is 6. The monoisotopic (exact) mass is 425 g/mol. The first-order valence-electron chi connectivity index (χ1n) is 11.5. The molecule has 3 aliphatic heterocycles. The quantitative estimate of drug-likeness (QED) is 0.693. The van der Waals surface area contributed by atoms with Gasteiger partial charge in [0.15, 0.2) is 0 Å². The van der Waals surface area contributed by atoms with E-state index in [1.807, 2.05) is 12.1 Å². The fourth-order valence-electron chi connectivity index (χ4n) is 5.42. The second kappa shape index (κ2) is 7.77. The van der Waals surface area contributed by atoms with Crippen molar-refractivity contribution in [2.45, 2.75) is 25.6 Å². The highest BCUT2D eigenvalue weighted by atomic mass is 16.5. The molecule has 32 heavy (non-hydrogen) atoms. The van der Waals surface area contributed by atoms with Crippen molar-refractivity contribution in [3.63, 3.8) is 0 Å². The van der Waals surface area contributed by atoms with Gasteiger partial charge in [0.25, 0.3) is 0 Å². The van der Waals surface area contributed by atoms with E-state index in [1.165, 1.54) is 16.8 Å². The van der Waals surface area contributed by atoms with E-state index in [1.54, 1.807) is 6.20 Å². The Balaban J connectivity index is 1.34. The average Bonchev–Trinajstić information content (AvgIpc) is 3.01. The molecular weight excluding hydrogens is 398 g/mol. The van der Waals surface area contributed by atoms with Gasteiger partial charge in [0.05, 0.1) is 17.1 Å². The number of rotatable bonds is 3. The van der Waals surface area contributed by atoms with Crippen LogP contribution in [0.15, 0.2) is 48.7 Å². The molecule has 162 valence electrons. The Kier molecular flexibility index (Phi) is 4.74. The van der Waals surface area contributed by atoms with Crippen LogP contribution in [0.4, 0.5) is 5.69 Å². The minimum absolute atomic E-state index is 0.300. The number of nitrogens with zero attached hydrogens (tertiary/aromatic N) is 4. The van der Waals surface area contributed by atoms with Crippen molar-refractivity contribution in [1.82, 2.24) is 15.2 Å². The molecule has 0 amide bonds. The van der Waals surface area contributed by atoms with Gasteiger partial charge in [-0.2, -0.15) is 5.26 Å². The van der Waals surface area contributed by atoms with Crippen LogP contribution >= 0.6 is 0 Å². The van der Waals surface area contributed by atoms with Gasteiger partial charge in [0.2, 0.25) is 0 Å². The maximum atomic E-state index is 9.53. The first-order chi connectivity index (χ1) is 15.7. The van der Waals surface area contributed by atoms with E-state index >= 15 is 0 Å². The molecule has 0 spiro atoms. The lowest BCUT2D eigenvalue weighted by Gasteiger charge is -2.29. The number of anilines is 1. The van der Waals surface area contributed by atoms with Crippen LogP contribution in [0.1, 0.15) is 29.7 Å². The topological polar surface area (TPSA) is 64.4 Å². The zero-order chi connectivity index (χ0) is 21.7. The molecule has 4 heterocycles. The van der Waals surface area contributed by atoms with Crippen LogP contribution in [0.3, 0.4) is 0 Å². The second-order valence-corrected chi connectivity index (χ2v) is 9.36. The fraction of sp³-hybridized carbons (Fsp3) is 0.385. The van der Waals surface area contributed by atoms with E-state index < -0.39 is 0 Å². The molecule has 0 aliphatic carbocycles. The number of nitrogens with one attached hydrogen (secondary N) is 1. The van der Waals surface area contributed by atoms with Crippen LogP contribution in [-0.4, -0.2) is 48.7 Å². The van der Waals surface area contributed by atoms with Gasteiger partial charge in [0.1, 0.15) is 17.9 Å². The SMILES string of the molecule is CC1CN(c2ccc(C#N)c3ncccc23)CC2c3ccc(OC4CNC4)cc3CN2C1. The smallest absolute Gasteiger partial charge is 0.123 e. The highest BCUT2D eigenvalue weighted by Crippen LogP contribution is 2.40. The molecule has 2 fully saturated rings. The van der Waals surface area contributed by atoms with Crippen molar-refractivity contribution < 1.29 is 4.74 Å². The van der Waals surface area contributed by atoms with Gasteiger partial charge in [-0.1, -0.05) is 13.0 Å². The van der Waals surface area contributed by atoms with E-state index in [-0.39, 0.29) is 0 Å². The largest absolute Gasteiger partial charge is 0.488 e. The predicted molar refractivity (Wildman–Crippen MR) is 125 cm³/mol. The zero-order valence-corrected chi connectivity index (χ0v) is 18.3. The molecule has 0 bridgehead atoms. The van der Waals surface area contributed by atoms with Crippen molar-refractivity contribution in [2.75, 3.05) is 37.6 Å². The minimum atomic E-state index is 0.300. The Morgan fingerprint density at radius 2 is 2.03 bits per heavy atom. The number of pyridine rings is 1. The Labute approximate surface area is 188 Å².